The highest BCUT2D eigenvalue weighted by molar-refractivity contribution is 6.02. The number of halogens is 1. The van der Waals surface area contributed by atoms with Crippen LogP contribution in [0.5, 0.6) is 0 Å². The van der Waals surface area contributed by atoms with E-state index in [9.17, 15) is 9.59 Å². The zero-order valence-corrected chi connectivity index (χ0v) is 11.6. The molecule has 1 atom stereocenters. The minimum Gasteiger partial charge on any atom is -0.479 e. The molecule has 0 radical (unpaired) electrons. The van der Waals surface area contributed by atoms with Gasteiger partial charge in [-0.05, 0) is 19.4 Å². The van der Waals surface area contributed by atoms with E-state index in [0.29, 0.717) is 0 Å². The lowest BCUT2D eigenvalue weighted by atomic mass is 10.1. The fourth-order valence-electron chi connectivity index (χ4n) is 1.28. The molecule has 0 fully saturated rings. The maximum Gasteiger partial charge on any atom is 0.349 e. The number of carbonyl (C=O) groups excluding carboxylic acids is 1. The van der Waals surface area contributed by atoms with Crippen LogP contribution < -0.4 is 0 Å². The molecule has 0 heterocycles. The zero-order valence-electron chi connectivity index (χ0n) is 10.8. The summed E-state index contributed by atoms with van der Waals surface area (Å²) in [7, 11) is 0. The van der Waals surface area contributed by atoms with Gasteiger partial charge < -0.3 is 14.6 Å². The Kier molecular flexibility index (Phi) is 7.11. The highest BCUT2D eigenvalue weighted by Gasteiger charge is 2.44. The molecule has 0 aliphatic rings. The second-order valence-corrected chi connectivity index (χ2v) is 3.83. The van der Waals surface area contributed by atoms with Crippen LogP contribution in [-0.4, -0.2) is 29.3 Å². The molecule has 19 heavy (non-hydrogen) atoms. The van der Waals surface area contributed by atoms with Crippen molar-refractivity contribution >= 4 is 24.3 Å². The summed E-state index contributed by atoms with van der Waals surface area (Å²) < 4.78 is 9.93. The average molecular weight is 289 g/mol. The maximum atomic E-state index is 11.6. The highest BCUT2D eigenvalue weighted by Crippen LogP contribution is 2.16. The normalized spacial score (nSPS) is 12.9. The summed E-state index contributed by atoms with van der Waals surface area (Å²) in [6.07, 6.45) is 0. The third kappa shape index (κ3) is 4.54. The first-order chi connectivity index (χ1) is 8.50. The number of aliphatic carboxylic acids is 1. The molecule has 1 rings (SSSR count). The molecular formula is C13H17ClO5. The van der Waals surface area contributed by atoms with Crippen LogP contribution in [0, 0.1) is 0 Å². The van der Waals surface area contributed by atoms with Crippen LogP contribution in [0.15, 0.2) is 30.3 Å². The Morgan fingerprint density at radius 2 is 1.84 bits per heavy atom. The zero-order chi connectivity index (χ0) is 13.6. The summed E-state index contributed by atoms with van der Waals surface area (Å²) in [5, 5.41) is 9.08. The van der Waals surface area contributed by atoms with Crippen molar-refractivity contribution < 1.29 is 24.2 Å². The summed E-state index contributed by atoms with van der Waals surface area (Å²) in [5.74, 6) is -2.26. The number of carboxylic acid groups (broad SMARTS) is 1. The van der Waals surface area contributed by atoms with Crippen LogP contribution in [0.4, 0.5) is 0 Å². The van der Waals surface area contributed by atoms with E-state index in [1.807, 2.05) is 6.07 Å². The van der Waals surface area contributed by atoms with E-state index in [-0.39, 0.29) is 25.6 Å². The van der Waals surface area contributed by atoms with Crippen molar-refractivity contribution in [1.29, 1.82) is 0 Å². The fraction of sp³-hybridized carbons (Fsp3) is 0.385. The Hall–Kier alpha value is -1.59. The topological polar surface area (TPSA) is 72.8 Å². The van der Waals surface area contributed by atoms with E-state index >= 15 is 0 Å². The number of esters is 1. The van der Waals surface area contributed by atoms with Gasteiger partial charge in [0, 0.05) is 0 Å². The number of hydrogen-bond acceptors (Lipinski definition) is 4. The van der Waals surface area contributed by atoms with E-state index in [4.69, 9.17) is 14.6 Å². The van der Waals surface area contributed by atoms with Crippen LogP contribution in [0.25, 0.3) is 0 Å². The SMILES string of the molecule is CCOC(=O)[C@](C)(OCc1ccccc1)C(=O)O.Cl. The second kappa shape index (κ2) is 7.76. The lowest BCUT2D eigenvalue weighted by Gasteiger charge is -2.22. The molecule has 106 valence electrons. The van der Waals surface area contributed by atoms with Crippen molar-refractivity contribution in [3.05, 3.63) is 35.9 Å². The van der Waals surface area contributed by atoms with Gasteiger partial charge in [-0.2, -0.15) is 0 Å². The molecule has 0 amide bonds. The van der Waals surface area contributed by atoms with Gasteiger partial charge in [-0.25, -0.2) is 9.59 Å². The molecule has 0 saturated carbocycles. The van der Waals surface area contributed by atoms with Crippen LogP contribution >= 0.6 is 12.4 Å². The summed E-state index contributed by atoms with van der Waals surface area (Å²) >= 11 is 0. The van der Waals surface area contributed by atoms with Gasteiger partial charge in [-0.3, -0.25) is 0 Å². The predicted octanol–water partition coefficient (Wildman–Crippen LogP) is 2.03. The largest absolute Gasteiger partial charge is 0.479 e. The number of ether oxygens (including phenoxy) is 2. The quantitative estimate of drug-likeness (QED) is 0.640. The first-order valence-corrected chi connectivity index (χ1v) is 5.59. The van der Waals surface area contributed by atoms with Crippen molar-refractivity contribution in [3.63, 3.8) is 0 Å². The lowest BCUT2D eigenvalue weighted by Crippen LogP contribution is -2.47. The fourth-order valence-corrected chi connectivity index (χ4v) is 1.28. The van der Waals surface area contributed by atoms with Crippen molar-refractivity contribution in [2.75, 3.05) is 6.61 Å². The second-order valence-electron chi connectivity index (χ2n) is 3.83. The molecule has 1 aromatic carbocycles. The van der Waals surface area contributed by atoms with E-state index in [0.717, 1.165) is 5.56 Å². The van der Waals surface area contributed by atoms with Crippen molar-refractivity contribution in [2.45, 2.75) is 26.1 Å². The Morgan fingerprint density at radius 3 is 2.32 bits per heavy atom. The van der Waals surface area contributed by atoms with Crippen LogP contribution in [0.1, 0.15) is 19.4 Å². The molecule has 0 aromatic heterocycles. The van der Waals surface area contributed by atoms with Gasteiger partial charge in [0.2, 0.25) is 0 Å². The van der Waals surface area contributed by atoms with E-state index in [1.54, 1.807) is 31.2 Å². The minimum absolute atomic E-state index is 0. The highest BCUT2D eigenvalue weighted by atomic mass is 35.5. The van der Waals surface area contributed by atoms with E-state index in [1.165, 1.54) is 6.92 Å². The molecule has 1 aromatic rings. The van der Waals surface area contributed by atoms with E-state index in [2.05, 4.69) is 0 Å². The average Bonchev–Trinajstić information content (AvgIpc) is 2.37. The monoisotopic (exact) mass is 288 g/mol. The van der Waals surface area contributed by atoms with Gasteiger partial charge >= 0.3 is 11.9 Å². The summed E-state index contributed by atoms with van der Waals surface area (Å²) in [6, 6.07) is 9.02. The molecule has 6 heteroatoms. The summed E-state index contributed by atoms with van der Waals surface area (Å²) in [5.41, 5.74) is -1.19. The lowest BCUT2D eigenvalue weighted by molar-refractivity contribution is -0.186. The molecular weight excluding hydrogens is 272 g/mol. The Balaban J connectivity index is 0.00000324. The van der Waals surface area contributed by atoms with Gasteiger partial charge in [0.25, 0.3) is 5.60 Å². The number of carboxylic acids is 1. The van der Waals surface area contributed by atoms with Gasteiger partial charge in [-0.1, -0.05) is 30.3 Å². The molecule has 0 unspecified atom stereocenters. The van der Waals surface area contributed by atoms with Gasteiger partial charge in [-0.15, -0.1) is 12.4 Å². The Labute approximate surface area is 117 Å². The van der Waals surface area contributed by atoms with Crippen molar-refractivity contribution in [2.24, 2.45) is 0 Å². The first kappa shape index (κ1) is 17.4. The molecule has 5 nitrogen and oxygen atoms in total. The van der Waals surface area contributed by atoms with Gasteiger partial charge in [0.1, 0.15) is 0 Å². The molecule has 1 N–H and O–H groups in total. The minimum atomic E-state index is -1.98. The molecule has 0 spiro atoms. The number of benzene rings is 1. The van der Waals surface area contributed by atoms with E-state index < -0.39 is 17.5 Å². The van der Waals surface area contributed by atoms with Crippen LogP contribution in [-0.2, 0) is 25.7 Å². The number of rotatable bonds is 6. The Morgan fingerprint density at radius 1 is 1.26 bits per heavy atom. The molecule has 0 aliphatic heterocycles. The van der Waals surface area contributed by atoms with Gasteiger partial charge in [0.15, 0.2) is 0 Å². The molecule has 0 saturated heterocycles. The molecule has 0 bridgehead atoms. The third-order valence-corrected chi connectivity index (χ3v) is 2.44. The molecule has 0 aliphatic carbocycles. The standard InChI is InChI=1S/C13H16O5.ClH/c1-3-17-12(16)13(2,11(14)15)18-9-10-7-5-4-6-8-10;/h4-8H,3,9H2,1-2H3,(H,14,15);1H/t13-;/m1./s1. The first-order valence-electron chi connectivity index (χ1n) is 5.59. The smallest absolute Gasteiger partial charge is 0.349 e. The maximum absolute atomic E-state index is 11.6. The van der Waals surface area contributed by atoms with Crippen molar-refractivity contribution in [1.82, 2.24) is 0 Å². The predicted molar refractivity (Wildman–Crippen MR) is 71.2 cm³/mol. The summed E-state index contributed by atoms with van der Waals surface area (Å²) in [6.45, 7) is 2.94. The number of hydrogen-bond donors (Lipinski definition) is 1. The van der Waals surface area contributed by atoms with Gasteiger partial charge in [0.05, 0.1) is 13.2 Å². The summed E-state index contributed by atoms with van der Waals surface area (Å²) in [4.78, 5) is 22.7. The Bertz CT molecular complexity index is 420. The third-order valence-electron chi connectivity index (χ3n) is 2.44. The van der Waals surface area contributed by atoms with Crippen LogP contribution in [0.2, 0.25) is 0 Å². The van der Waals surface area contributed by atoms with Crippen LogP contribution in [0.3, 0.4) is 0 Å². The number of carbonyl (C=O) groups is 2. The van der Waals surface area contributed by atoms with Crippen molar-refractivity contribution in [3.8, 4) is 0 Å².